The molecule has 2 saturated heterocycles. The van der Waals surface area contributed by atoms with Gasteiger partial charge >= 0.3 is 0 Å². The number of aromatic nitrogens is 2. The van der Waals surface area contributed by atoms with Gasteiger partial charge in [0.1, 0.15) is 18.1 Å². The van der Waals surface area contributed by atoms with Crippen molar-refractivity contribution in [2.75, 3.05) is 20.1 Å². The number of nitrogens with zero attached hydrogens (tertiary/aromatic N) is 5. The zero-order valence-electron chi connectivity index (χ0n) is 25.0. The van der Waals surface area contributed by atoms with Gasteiger partial charge in [-0.2, -0.15) is 5.26 Å². The molecule has 2 aliphatic heterocycles. The number of carbonyl (C=O) groups is 4. The van der Waals surface area contributed by atoms with Crippen LogP contribution in [0.4, 0.5) is 0 Å². The Morgan fingerprint density at radius 3 is 2.57 bits per heavy atom. The fourth-order valence-corrected chi connectivity index (χ4v) is 6.70. The second-order valence-electron chi connectivity index (χ2n) is 13.6. The number of nitrogens with one attached hydrogen (secondary N) is 2. The molecular formula is C31H39N7O4. The van der Waals surface area contributed by atoms with E-state index in [2.05, 4.69) is 40.5 Å². The van der Waals surface area contributed by atoms with E-state index in [1.54, 1.807) is 35.3 Å². The van der Waals surface area contributed by atoms with Gasteiger partial charge in [-0.05, 0) is 41.2 Å². The van der Waals surface area contributed by atoms with Crippen LogP contribution in [0.25, 0.3) is 10.9 Å². The van der Waals surface area contributed by atoms with E-state index in [0.29, 0.717) is 30.6 Å². The van der Waals surface area contributed by atoms with Crippen LogP contribution in [-0.2, 0) is 19.2 Å². The van der Waals surface area contributed by atoms with Crippen molar-refractivity contribution in [2.45, 2.75) is 65.6 Å². The molecule has 0 radical (unpaired) electrons. The summed E-state index contributed by atoms with van der Waals surface area (Å²) in [6, 6.07) is 3.09. The summed E-state index contributed by atoms with van der Waals surface area (Å²) in [6.45, 7) is 10.7. The lowest BCUT2D eigenvalue weighted by molar-refractivity contribution is -0.147. The lowest BCUT2D eigenvalue weighted by atomic mass is 9.84. The van der Waals surface area contributed by atoms with Crippen molar-refractivity contribution in [1.29, 1.82) is 5.26 Å². The van der Waals surface area contributed by atoms with Gasteiger partial charge in [0.15, 0.2) is 0 Å². The predicted molar refractivity (Wildman–Crippen MR) is 154 cm³/mol. The summed E-state index contributed by atoms with van der Waals surface area (Å²) in [5, 5.41) is 16.6. The number of piperidine rings is 2. The van der Waals surface area contributed by atoms with Crippen molar-refractivity contribution >= 4 is 34.5 Å². The SMILES string of the molecule is CN1CCC(C(=O)NC(C(=O)N2C[C@H]3[C@@H]([C@H]2C(=O)NC(C#N)c2cncc4cccnc24)C3(C)C)C(C)(C)C)CC1=O. The van der Waals surface area contributed by atoms with Crippen molar-refractivity contribution in [1.82, 2.24) is 30.4 Å². The van der Waals surface area contributed by atoms with Crippen LogP contribution in [-0.4, -0.2) is 75.6 Å². The standard InChI is InChI=1S/C31H39N7O4/c1-30(2,3)26(36-27(40)17-9-11-37(6)22(39)12-17)29(42)38-16-20-23(31(20,4)5)25(38)28(41)35-21(13-32)19-15-33-14-18-8-7-10-34-24(18)19/h7-8,10,14-15,17,20-21,23,25-26H,9,11-12,16H2,1-6H3,(H,35,41)(H,36,40)/t17?,20-,21?,23-,25-,26?/m0/s1. The van der Waals surface area contributed by atoms with Crippen molar-refractivity contribution < 1.29 is 19.2 Å². The Morgan fingerprint density at radius 2 is 1.90 bits per heavy atom. The Bertz CT molecular complexity index is 1470. The molecule has 11 nitrogen and oxygen atoms in total. The fourth-order valence-electron chi connectivity index (χ4n) is 6.70. The largest absolute Gasteiger partial charge is 0.346 e. The van der Waals surface area contributed by atoms with E-state index in [-0.39, 0.29) is 41.4 Å². The first-order valence-corrected chi connectivity index (χ1v) is 14.5. The number of hydrogen-bond donors (Lipinski definition) is 2. The molecule has 2 aromatic rings. The topological polar surface area (TPSA) is 148 Å². The average molecular weight is 574 g/mol. The molecule has 4 amide bonds. The van der Waals surface area contributed by atoms with Crippen LogP contribution in [0.3, 0.4) is 0 Å². The van der Waals surface area contributed by atoms with Gasteiger partial charge in [-0.3, -0.25) is 29.1 Å². The molecule has 11 heteroatoms. The van der Waals surface area contributed by atoms with Crippen LogP contribution in [0.15, 0.2) is 30.7 Å². The number of fused-ring (bicyclic) bond motifs is 2. The van der Waals surface area contributed by atoms with E-state index >= 15 is 0 Å². The Labute approximate surface area is 246 Å². The summed E-state index contributed by atoms with van der Waals surface area (Å²) in [5.74, 6) is -1.62. The first kappa shape index (κ1) is 29.4. The molecule has 3 fully saturated rings. The van der Waals surface area contributed by atoms with Gasteiger partial charge in [-0.15, -0.1) is 0 Å². The Kier molecular flexibility index (Phi) is 7.46. The van der Waals surface area contributed by atoms with Crippen molar-refractivity contribution in [3.63, 3.8) is 0 Å². The molecule has 1 aliphatic carbocycles. The molecule has 3 aliphatic rings. The lowest BCUT2D eigenvalue weighted by Crippen LogP contribution is -2.60. The molecule has 3 unspecified atom stereocenters. The van der Waals surface area contributed by atoms with Crippen LogP contribution < -0.4 is 10.6 Å². The maximum absolute atomic E-state index is 14.2. The minimum absolute atomic E-state index is 0.0765. The number of rotatable bonds is 6. The number of hydrogen-bond acceptors (Lipinski definition) is 7. The summed E-state index contributed by atoms with van der Waals surface area (Å²) < 4.78 is 0. The third-order valence-corrected chi connectivity index (χ3v) is 9.46. The first-order valence-electron chi connectivity index (χ1n) is 14.5. The molecule has 1 saturated carbocycles. The summed E-state index contributed by atoms with van der Waals surface area (Å²) >= 11 is 0. The Balaban J connectivity index is 1.38. The molecule has 2 aromatic heterocycles. The van der Waals surface area contributed by atoms with E-state index in [0.717, 1.165) is 5.39 Å². The maximum Gasteiger partial charge on any atom is 0.246 e. The van der Waals surface area contributed by atoms with Crippen LogP contribution in [0.2, 0.25) is 0 Å². The Hall–Kier alpha value is -4.07. The van der Waals surface area contributed by atoms with Crippen molar-refractivity contribution in [2.24, 2.45) is 28.6 Å². The van der Waals surface area contributed by atoms with E-state index < -0.39 is 35.4 Å². The summed E-state index contributed by atoms with van der Waals surface area (Å²) in [7, 11) is 1.72. The fraction of sp³-hybridized carbons (Fsp3) is 0.581. The molecular weight excluding hydrogens is 534 g/mol. The monoisotopic (exact) mass is 573 g/mol. The van der Waals surface area contributed by atoms with Gasteiger partial charge in [-0.1, -0.05) is 34.6 Å². The third kappa shape index (κ3) is 5.19. The molecule has 222 valence electrons. The van der Waals surface area contributed by atoms with Gasteiger partial charge in [0.25, 0.3) is 0 Å². The molecule has 5 rings (SSSR count). The second kappa shape index (κ2) is 10.6. The number of nitriles is 1. The van der Waals surface area contributed by atoms with Gasteiger partial charge in [0.2, 0.25) is 23.6 Å². The van der Waals surface area contributed by atoms with E-state index in [1.807, 2.05) is 26.8 Å². The molecule has 0 bridgehead atoms. The highest BCUT2D eigenvalue weighted by atomic mass is 16.2. The highest BCUT2D eigenvalue weighted by Gasteiger charge is 2.69. The number of carbonyl (C=O) groups excluding carboxylic acids is 4. The van der Waals surface area contributed by atoms with Crippen LogP contribution in [0, 0.1) is 39.9 Å². The molecule has 42 heavy (non-hydrogen) atoms. The molecule has 0 aromatic carbocycles. The van der Waals surface area contributed by atoms with Gasteiger partial charge in [-0.25, -0.2) is 0 Å². The highest BCUT2D eigenvalue weighted by Crippen LogP contribution is 2.65. The molecule has 6 atom stereocenters. The van der Waals surface area contributed by atoms with Gasteiger partial charge < -0.3 is 20.4 Å². The highest BCUT2D eigenvalue weighted by molar-refractivity contribution is 5.95. The van der Waals surface area contributed by atoms with Crippen LogP contribution >= 0.6 is 0 Å². The average Bonchev–Trinajstić information content (AvgIpc) is 3.26. The zero-order valence-corrected chi connectivity index (χ0v) is 25.0. The third-order valence-electron chi connectivity index (χ3n) is 9.46. The minimum atomic E-state index is -1.01. The summed E-state index contributed by atoms with van der Waals surface area (Å²) in [6.07, 6.45) is 5.44. The number of pyridine rings is 2. The maximum atomic E-state index is 14.2. The van der Waals surface area contributed by atoms with Crippen molar-refractivity contribution in [3.8, 4) is 6.07 Å². The van der Waals surface area contributed by atoms with E-state index in [4.69, 9.17) is 0 Å². The smallest absolute Gasteiger partial charge is 0.246 e. The second-order valence-corrected chi connectivity index (χ2v) is 13.6. The molecule has 0 spiro atoms. The van der Waals surface area contributed by atoms with Crippen molar-refractivity contribution in [3.05, 3.63) is 36.3 Å². The molecule has 2 N–H and O–H groups in total. The van der Waals surface area contributed by atoms with Gasteiger partial charge in [0, 0.05) is 62.0 Å². The summed E-state index contributed by atoms with van der Waals surface area (Å²) in [4.78, 5) is 65.5. The lowest BCUT2D eigenvalue weighted by Gasteiger charge is -2.38. The van der Waals surface area contributed by atoms with Crippen LogP contribution in [0.5, 0.6) is 0 Å². The van der Waals surface area contributed by atoms with Gasteiger partial charge in [0.05, 0.1) is 11.6 Å². The predicted octanol–water partition coefficient (Wildman–Crippen LogP) is 2.19. The molecule has 4 heterocycles. The van der Waals surface area contributed by atoms with E-state index in [1.165, 1.54) is 6.20 Å². The zero-order chi connectivity index (χ0) is 30.6. The minimum Gasteiger partial charge on any atom is -0.346 e. The number of likely N-dealkylation sites (tertiary alicyclic amines) is 2. The normalized spacial score (nSPS) is 26.2. The number of amides is 4. The first-order chi connectivity index (χ1) is 19.8. The quantitative estimate of drug-likeness (QED) is 0.538. The van der Waals surface area contributed by atoms with E-state index in [9.17, 15) is 24.4 Å². The Morgan fingerprint density at radius 1 is 1.17 bits per heavy atom. The summed E-state index contributed by atoms with van der Waals surface area (Å²) in [5.41, 5.74) is 0.268. The van der Waals surface area contributed by atoms with Crippen LogP contribution in [0.1, 0.15) is 59.1 Å².